The molecular weight excluding hydrogens is 240 g/mol. The minimum absolute atomic E-state index is 0.522. The Morgan fingerprint density at radius 3 is 2.35 bits per heavy atom. The van der Waals surface area contributed by atoms with Crippen molar-refractivity contribution in [2.24, 2.45) is 11.3 Å². The molecule has 0 saturated heterocycles. The lowest BCUT2D eigenvalue weighted by Crippen LogP contribution is -2.23. The van der Waals surface area contributed by atoms with Crippen LogP contribution < -0.4 is 0 Å². The molecular formula is C20H30. The van der Waals surface area contributed by atoms with Crippen molar-refractivity contribution in [1.82, 2.24) is 0 Å². The largest absolute Gasteiger partial charge is 0.0661 e. The van der Waals surface area contributed by atoms with Crippen molar-refractivity contribution >= 4 is 5.57 Å². The van der Waals surface area contributed by atoms with Crippen LogP contribution >= 0.6 is 0 Å². The van der Waals surface area contributed by atoms with E-state index in [1.165, 1.54) is 43.2 Å². The quantitative estimate of drug-likeness (QED) is 0.594. The minimum Gasteiger partial charge on any atom is -0.0661 e. The highest BCUT2D eigenvalue weighted by Gasteiger charge is 2.31. The van der Waals surface area contributed by atoms with Gasteiger partial charge in [-0.3, -0.25) is 0 Å². The summed E-state index contributed by atoms with van der Waals surface area (Å²) in [4.78, 5) is 0. The molecule has 0 amide bonds. The highest BCUT2D eigenvalue weighted by Crippen LogP contribution is 2.46. The fraction of sp³-hybridized carbons (Fsp3) is 0.600. The minimum atomic E-state index is 0.522. The first-order chi connectivity index (χ1) is 9.43. The molecule has 0 radical (unpaired) electrons. The van der Waals surface area contributed by atoms with Gasteiger partial charge in [0, 0.05) is 0 Å². The predicted molar refractivity (Wildman–Crippen MR) is 89.8 cm³/mol. The lowest BCUT2D eigenvalue weighted by atomic mass is 9.67. The second-order valence-corrected chi connectivity index (χ2v) is 7.39. The Bertz CT molecular complexity index is 475. The van der Waals surface area contributed by atoms with Crippen molar-refractivity contribution in [3.63, 3.8) is 0 Å². The van der Waals surface area contributed by atoms with Crippen LogP contribution in [0.4, 0.5) is 0 Å². The van der Waals surface area contributed by atoms with Gasteiger partial charge in [0.1, 0.15) is 0 Å². The summed E-state index contributed by atoms with van der Waals surface area (Å²) in [5.41, 5.74) is 6.66. The van der Waals surface area contributed by atoms with Crippen molar-refractivity contribution in [1.29, 1.82) is 0 Å². The standard InChI is InChI=1S/C20H30/c1-6-17-14-20(5,13-15(2)3)12-11-19(17)18-9-7-16(4)8-10-18/h7-10,15H,6,11-14H2,1-5H3. The molecule has 20 heavy (non-hydrogen) atoms. The molecule has 1 aliphatic carbocycles. The number of hydrogen-bond donors (Lipinski definition) is 0. The lowest BCUT2D eigenvalue weighted by Gasteiger charge is -2.38. The topological polar surface area (TPSA) is 0 Å². The van der Waals surface area contributed by atoms with Gasteiger partial charge in [0.15, 0.2) is 0 Å². The molecule has 110 valence electrons. The van der Waals surface area contributed by atoms with Gasteiger partial charge in [-0.05, 0) is 61.5 Å². The van der Waals surface area contributed by atoms with Crippen molar-refractivity contribution < 1.29 is 0 Å². The average Bonchev–Trinajstić information content (AvgIpc) is 2.38. The highest BCUT2D eigenvalue weighted by molar-refractivity contribution is 5.70. The molecule has 1 aliphatic rings. The fourth-order valence-corrected chi connectivity index (χ4v) is 3.92. The van der Waals surface area contributed by atoms with Crippen LogP contribution in [-0.4, -0.2) is 0 Å². The van der Waals surface area contributed by atoms with E-state index in [4.69, 9.17) is 0 Å². The maximum absolute atomic E-state index is 2.49. The van der Waals surface area contributed by atoms with Gasteiger partial charge in [0.05, 0.1) is 0 Å². The number of benzene rings is 1. The molecule has 1 unspecified atom stereocenters. The third-order valence-electron chi connectivity index (χ3n) is 4.77. The molecule has 1 atom stereocenters. The molecule has 0 aromatic heterocycles. The Balaban J connectivity index is 2.27. The fourth-order valence-electron chi connectivity index (χ4n) is 3.92. The van der Waals surface area contributed by atoms with Crippen LogP contribution in [0.2, 0.25) is 0 Å². The molecule has 0 heterocycles. The lowest BCUT2D eigenvalue weighted by molar-refractivity contribution is 0.227. The zero-order valence-corrected chi connectivity index (χ0v) is 13.9. The van der Waals surface area contributed by atoms with Gasteiger partial charge in [-0.1, -0.05) is 63.1 Å². The summed E-state index contributed by atoms with van der Waals surface area (Å²) in [6.45, 7) is 11.7. The van der Waals surface area contributed by atoms with E-state index in [0.29, 0.717) is 5.41 Å². The molecule has 0 nitrogen and oxygen atoms in total. The van der Waals surface area contributed by atoms with E-state index < -0.39 is 0 Å². The zero-order chi connectivity index (χ0) is 14.8. The summed E-state index contributed by atoms with van der Waals surface area (Å²) >= 11 is 0. The number of rotatable bonds is 4. The van der Waals surface area contributed by atoms with E-state index in [9.17, 15) is 0 Å². The first kappa shape index (κ1) is 15.4. The zero-order valence-electron chi connectivity index (χ0n) is 13.9. The smallest absolute Gasteiger partial charge is 0.0225 e. The third kappa shape index (κ3) is 3.53. The summed E-state index contributed by atoms with van der Waals surface area (Å²) in [6, 6.07) is 9.12. The van der Waals surface area contributed by atoms with Crippen LogP contribution in [0.1, 0.15) is 70.9 Å². The Labute approximate surface area is 125 Å². The molecule has 0 bridgehead atoms. The SMILES string of the molecule is CCC1=C(c2ccc(C)cc2)CCC(C)(CC(C)C)C1. The molecule has 0 heteroatoms. The van der Waals surface area contributed by atoms with Crippen molar-refractivity contribution in [2.45, 2.75) is 66.7 Å². The number of allylic oxidation sites excluding steroid dienone is 2. The third-order valence-corrected chi connectivity index (χ3v) is 4.77. The summed E-state index contributed by atoms with van der Waals surface area (Å²) < 4.78 is 0. The second kappa shape index (κ2) is 6.16. The van der Waals surface area contributed by atoms with Gasteiger partial charge in [-0.25, -0.2) is 0 Å². The number of aryl methyl sites for hydroxylation is 1. The van der Waals surface area contributed by atoms with Crippen LogP contribution in [0.5, 0.6) is 0 Å². The van der Waals surface area contributed by atoms with Gasteiger partial charge in [-0.15, -0.1) is 0 Å². The second-order valence-electron chi connectivity index (χ2n) is 7.39. The van der Waals surface area contributed by atoms with Gasteiger partial charge >= 0.3 is 0 Å². The first-order valence-corrected chi connectivity index (χ1v) is 8.21. The molecule has 0 fully saturated rings. The van der Waals surface area contributed by atoms with E-state index >= 15 is 0 Å². The summed E-state index contributed by atoms with van der Waals surface area (Å²) in [7, 11) is 0. The molecule has 1 aromatic rings. The monoisotopic (exact) mass is 270 g/mol. The van der Waals surface area contributed by atoms with Crippen LogP contribution in [0, 0.1) is 18.3 Å². The Morgan fingerprint density at radius 2 is 1.80 bits per heavy atom. The van der Waals surface area contributed by atoms with Crippen molar-refractivity contribution in [3.8, 4) is 0 Å². The molecule has 0 N–H and O–H groups in total. The van der Waals surface area contributed by atoms with E-state index in [1.807, 2.05) is 0 Å². The molecule has 1 aromatic carbocycles. The van der Waals surface area contributed by atoms with Crippen LogP contribution in [0.15, 0.2) is 29.8 Å². The molecule has 0 aliphatic heterocycles. The first-order valence-electron chi connectivity index (χ1n) is 8.21. The predicted octanol–water partition coefficient (Wildman–Crippen LogP) is 6.39. The van der Waals surface area contributed by atoms with Crippen LogP contribution in [0.25, 0.3) is 5.57 Å². The van der Waals surface area contributed by atoms with Gasteiger partial charge in [0.2, 0.25) is 0 Å². The van der Waals surface area contributed by atoms with Crippen LogP contribution in [-0.2, 0) is 0 Å². The van der Waals surface area contributed by atoms with Gasteiger partial charge < -0.3 is 0 Å². The average molecular weight is 270 g/mol. The van der Waals surface area contributed by atoms with E-state index in [2.05, 4.69) is 58.9 Å². The molecule has 2 rings (SSSR count). The molecule has 0 saturated carbocycles. The Morgan fingerprint density at radius 1 is 1.15 bits per heavy atom. The van der Waals surface area contributed by atoms with Crippen LogP contribution in [0.3, 0.4) is 0 Å². The summed E-state index contributed by atoms with van der Waals surface area (Å²) in [5.74, 6) is 0.805. The van der Waals surface area contributed by atoms with Crippen molar-refractivity contribution in [3.05, 3.63) is 41.0 Å². The summed E-state index contributed by atoms with van der Waals surface area (Å²) in [6.07, 6.45) is 6.47. The van der Waals surface area contributed by atoms with Crippen molar-refractivity contribution in [2.75, 3.05) is 0 Å². The molecule has 0 spiro atoms. The normalized spacial score (nSPS) is 23.5. The Hall–Kier alpha value is -1.04. The van der Waals surface area contributed by atoms with E-state index in [-0.39, 0.29) is 0 Å². The Kier molecular flexibility index (Phi) is 4.73. The maximum atomic E-state index is 2.49. The van der Waals surface area contributed by atoms with E-state index in [1.54, 1.807) is 11.1 Å². The summed E-state index contributed by atoms with van der Waals surface area (Å²) in [5, 5.41) is 0. The highest BCUT2D eigenvalue weighted by atomic mass is 14.4. The van der Waals surface area contributed by atoms with Gasteiger partial charge in [-0.2, -0.15) is 0 Å². The number of hydrogen-bond acceptors (Lipinski definition) is 0. The van der Waals surface area contributed by atoms with E-state index in [0.717, 1.165) is 5.92 Å². The maximum Gasteiger partial charge on any atom is -0.0225 e. The van der Waals surface area contributed by atoms with Gasteiger partial charge in [0.25, 0.3) is 0 Å².